The highest BCUT2D eigenvalue weighted by molar-refractivity contribution is 5.81. The highest BCUT2D eigenvalue weighted by Crippen LogP contribution is 2.35. The predicted octanol–water partition coefficient (Wildman–Crippen LogP) is 4.34. The van der Waals surface area contributed by atoms with E-state index in [1.807, 2.05) is 36.4 Å². The van der Waals surface area contributed by atoms with Gasteiger partial charge in [0.25, 0.3) is 0 Å². The molecule has 0 N–H and O–H groups in total. The molecule has 27 heavy (non-hydrogen) atoms. The second kappa shape index (κ2) is 6.29. The summed E-state index contributed by atoms with van der Waals surface area (Å²) >= 11 is 0. The molecule has 0 saturated carbocycles. The SMILES string of the molecule is N#Cc1ccc2c(c1)CCCC2Oc1ccc2cnn(-c3ncco3)c2c1. The topological polar surface area (TPSA) is 76.9 Å². The lowest BCUT2D eigenvalue weighted by molar-refractivity contribution is 0.183. The monoisotopic (exact) mass is 356 g/mol. The molecule has 0 fully saturated rings. The number of nitrogens with zero attached hydrogens (tertiary/aromatic N) is 4. The zero-order valence-corrected chi connectivity index (χ0v) is 14.5. The Bertz CT molecular complexity index is 1150. The van der Waals surface area contributed by atoms with Crippen LogP contribution in [0.5, 0.6) is 5.75 Å². The van der Waals surface area contributed by atoms with Gasteiger partial charge in [0.15, 0.2) is 0 Å². The van der Waals surface area contributed by atoms with E-state index in [1.165, 1.54) is 17.4 Å². The Hall–Kier alpha value is -3.59. The summed E-state index contributed by atoms with van der Waals surface area (Å²) in [6.07, 6.45) is 7.87. The van der Waals surface area contributed by atoms with Gasteiger partial charge >= 0.3 is 6.01 Å². The lowest BCUT2D eigenvalue weighted by Gasteiger charge is -2.26. The number of rotatable bonds is 3. The van der Waals surface area contributed by atoms with Crippen LogP contribution in [0.1, 0.15) is 35.6 Å². The quantitative estimate of drug-likeness (QED) is 0.546. The molecule has 132 valence electrons. The van der Waals surface area contributed by atoms with Crippen LogP contribution in [0.25, 0.3) is 16.9 Å². The Balaban J connectivity index is 1.49. The first-order valence-corrected chi connectivity index (χ1v) is 8.89. The minimum atomic E-state index is -0.0166. The number of nitriles is 1. The molecule has 1 atom stereocenters. The maximum Gasteiger partial charge on any atom is 0.323 e. The number of hydrogen-bond donors (Lipinski definition) is 0. The Morgan fingerprint density at radius 2 is 2.19 bits per heavy atom. The molecule has 0 radical (unpaired) electrons. The molecule has 4 aromatic rings. The standard InChI is InChI=1S/C21H16N4O2/c22-12-14-4-7-18-15(10-14)2-1-3-20(18)27-17-6-5-16-13-24-25(19(16)11-17)21-23-8-9-26-21/h4-11,13,20H,1-3H2. The van der Waals surface area contributed by atoms with Crippen LogP contribution >= 0.6 is 0 Å². The van der Waals surface area contributed by atoms with Crippen molar-refractivity contribution in [1.82, 2.24) is 14.8 Å². The Morgan fingerprint density at radius 3 is 3.04 bits per heavy atom. The summed E-state index contributed by atoms with van der Waals surface area (Å²) in [6.45, 7) is 0. The minimum absolute atomic E-state index is 0.0166. The van der Waals surface area contributed by atoms with Crippen LogP contribution in [0.2, 0.25) is 0 Å². The smallest absolute Gasteiger partial charge is 0.323 e. The molecule has 6 nitrogen and oxygen atoms in total. The average Bonchev–Trinajstić information content (AvgIpc) is 3.37. The number of fused-ring (bicyclic) bond motifs is 2. The van der Waals surface area contributed by atoms with Gasteiger partial charge in [-0.05, 0) is 54.7 Å². The molecule has 5 rings (SSSR count). The van der Waals surface area contributed by atoms with Gasteiger partial charge in [-0.1, -0.05) is 6.07 Å². The first-order valence-electron chi connectivity index (χ1n) is 8.89. The number of oxazole rings is 1. The molecule has 0 bridgehead atoms. The number of benzene rings is 2. The average molecular weight is 356 g/mol. The number of ether oxygens (including phenoxy) is 1. The van der Waals surface area contributed by atoms with Crippen molar-refractivity contribution in [3.63, 3.8) is 0 Å². The largest absolute Gasteiger partial charge is 0.486 e. The lowest BCUT2D eigenvalue weighted by Crippen LogP contribution is -2.15. The van der Waals surface area contributed by atoms with E-state index in [0.29, 0.717) is 11.6 Å². The molecular weight excluding hydrogens is 340 g/mol. The van der Waals surface area contributed by atoms with Gasteiger partial charge in [0.1, 0.15) is 18.1 Å². The van der Waals surface area contributed by atoms with Crippen molar-refractivity contribution < 1.29 is 9.15 Å². The molecule has 0 amide bonds. The molecule has 6 heteroatoms. The normalized spacial score (nSPS) is 16.0. The lowest BCUT2D eigenvalue weighted by atomic mass is 9.88. The molecule has 0 spiro atoms. The van der Waals surface area contributed by atoms with E-state index >= 15 is 0 Å². The summed E-state index contributed by atoms with van der Waals surface area (Å²) in [6, 6.07) is 14.4. The molecule has 0 saturated heterocycles. The van der Waals surface area contributed by atoms with Crippen LogP contribution in [0, 0.1) is 11.3 Å². The Labute approximate surface area is 155 Å². The molecule has 1 aliphatic rings. The van der Waals surface area contributed by atoms with E-state index in [9.17, 15) is 0 Å². The summed E-state index contributed by atoms with van der Waals surface area (Å²) in [5.74, 6) is 0.776. The molecule has 1 unspecified atom stereocenters. The third-order valence-electron chi connectivity index (χ3n) is 4.95. The van der Waals surface area contributed by atoms with Crippen LogP contribution in [-0.2, 0) is 6.42 Å². The van der Waals surface area contributed by atoms with Crippen molar-refractivity contribution in [1.29, 1.82) is 5.26 Å². The fourth-order valence-corrected chi connectivity index (χ4v) is 3.67. The number of hydrogen-bond acceptors (Lipinski definition) is 5. The number of aryl methyl sites for hydroxylation is 1. The van der Waals surface area contributed by atoms with Gasteiger partial charge in [0, 0.05) is 11.5 Å². The maximum atomic E-state index is 9.12. The van der Waals surface area contributed by atoms with Gasteiger partial charge in [-0.15, -0.1) is 0 Å². The fraction of sp³-hybridized carbons (Fsp3) is 0.190. The predicted molar refractivity (Wildman–Crippen MR) is 98.6 cm³/mol. The van der Waals surface area contributed by atoms with E-state index in [4.69, 9.17) is 14.4 Å². The van der Waals surface area contributed by atoms with Gasteiger partial charge in [0.05, 0.1) is 29.5 Å². The van der Waals surface area contributed by atoms with Crippen LogP contribution in [0.15, 0.2) is 59.5 Å². The summed E-state index contributed by atoms with van der Waals surface area (Å²) < 4.78 is 13.4. The minimum Gasteiger partial charge on any atom is -0.486 e. The van der Waals surface area contributed by atoms with Crippen molar-refractivity contribution in [2.45, 2.75) is 25.4 Å². The summed E-state index contributed by atoms with van der Waals surface area (Å²) in [4.78, 5) is 4.17. The molecule has 1 aliphatic carbocycles. The highest BCUT2D eigenvalue weighted by atomic mass is 16.5. The number of aromatic nitrogens is 3. The van der Waals surface area contributed by atoms with Crippen molar-refractivity contribution in [2.24, 2.45) is 0 Å². The van der Waals surface area contributed by atoms with Crippen molar-refractivity contribution in [3.8, 4) is 17.8 Å². The molecule has 2 aromatic heterocycles. The van der Waals surface area contributed by atoms with Gasteiger partial charge < -0.3 is 9.15 Å². The summed E-state index contributed by atoms with van der Waals surface area (Å²) in [5, 5.41) is 14.5. The molecule has 2 aromatic carbocycles. The third-order valence-corrected chi connectivity index (χ3v) is 4.95. The second-order valence-electron chi connectivity index (χ2n) is 6.62. The first kappa shape index (κ1) is 15.6. The highest BCUT2D eigenvalue weighted by Gasteiger charge is 2.22. The van der Waals surface area contributed by atoms with E-state index < -0.39 is 0 Å². The summed E-state index contributed by atoms with van der Waals surface area (Å²) in [5.41, 5.74) is 3.95. The van der Waals surface area contributed by atoms with Gasteiger partial charge in [-0.25, -0.2) is 4.98 Å². The van der Waals surface area contributed by atoms with Crippen molar-refractivity contribution in [2.75, 3.05) is 0 Å². The van der Waals surface area contributed by atoms with Crippen LogP contribution in [0.3, 0.4) is 0 Å². The van der Waals surface area contributed by atoms with Crippen LogP contribution in [0.4, 0.5) is 0 Å². The van der Waals surface area contributed by atoms with E-state index in [0.717, 1.165) is 35.9 Å². The third kappa shape index (κ3) is 2.74. The Kier molecular flexibility index (Phi) is 3.65. The zero-order chi connectivity index (χ0) is 18.2. The van der Waals surface area contributed by atoms with Crippen molar-refractivity contribution >= 4 is 10.9 Å². The second-order valence-corrected chi connectivity index (χ2v) is 6.62. The van der Waals surface area contributed by atoms with Crippen LogP contribution < -0.4 is 4.74 Å². The van der Waals surface area contributed by atoms with Crippen molar-refractivity contribution in [3.05, 3.63) is 71.7 Å². The van der Waals surface area contributed by atoms with Gasteiger partial charge in [-0.2, -0.15) is 15.0 Å². The molecule has 2 heterocycles. The molecule has 0 aliphatic heterocycles. The van der Waals surface area contributed by atoms with E-state index in [-0.39, 0.29) is 6.10 Å². The summed E-state index contributed by atoms with van der Waals surface area (Å²) in [7, 11) is 0. The maximum absolute atomic E-state index is 9.12. The Morgan fingerprint density at radius 1 is 1.22 bits per heavy atom. The molecular formula is C21H16N4O2. The zero-order valence-electron chi connectivity index (χ0n) is 14.5. The first-order chi connectivity index (χ1) is 13.3. The van der Waals surface area contributed by atoms with Gasteiger partial charge in [-0.3, -0.25) is 0 Å². The van der Waals surface area contributed by atoms with Gasteiger partial charge in [0.2, 0.25) is 0 Å². The van der Waals surface area contributed by atoms with Crippen LogP contribution in [-0.4, -0.2) is 14.8 Å². The van der Waals surface area contributed by atoms with E-state index in [2.05, 4.69) is 16.2 Å². The fourth-order valence-electron chi connectivity index (χ4n) is 3.67. The van der Waals surface area contributed by atoms with E-state index in [1.54, 1.807) is 17.1 Å².